The average molecular weight is 292 g/mol. The van der Waals surface area contributed by atoms with Crippen molar-refractivity contribution in [2.75, 3.05) is 25.5 Å². The largest absolute Gasteiger partial charge is 0.353 e. The number of rotatable bonds is 7. The van der Waals surface area contributed by atoms with E-state index < -0.39 is 0 Å². The Morgan fingerprint density at radius 2 is 1.71 bits per heavy atom. The summed E-state index contributed by atoms with van der Waals surface area (Å²) in [5.74, 6) is -0.247. The predicted molar refractivity (Wildman–Crippen MR) is 83.7 cm³/mol. The summed E-state index contributed by atoms with van der Waals surface area (Å²) >= 11 is 0. The van der Waals surface area contributed by atoms with Gasteiger partial charge >= 0.3 is 0 Å². The van der Waals surface area contributed by atoms with Gasteiger partial charge in [0, 0.05) is 18.3 Å². The van der Waals surface area contributed by atoms with Crippen LogP contribution in [0.2, 0.25) is 0 Å². The zero-order valence-electron chi connectivity index (χ0n) is 12.8. The number of carbonyl (C=O) groups excluding carboxylic acids is 2. The summed E-state index contributed by atoms with van der Waals surface area (Å²) in [7, 11) is 1.73. The first kappa shape index (κ1) is 17.1. The van der Waals surface area contributed by atoms with Crippen molar-refractivity contribution in [3.63, 3.8) is 0 Å². The van der Waals surface area contributed by atoms with Gasteiger partial charge in [0.05, 0.1) is 13.1 Å². The van der Waals surface area contributed by atoms with Gasteiger partial charge in [-0.3, -0.25) is 14.5 Å². The van der Waals surface area contributed by atoms with E-state index in [2.05, 4.69) is 10.6 Å². The summed E-state index contributed by atoms with van der Waals surface area (Å²) in [4.78, 5) is 25.1. The maximum absolute atomic E-state index is 11.9. The van der Waals surface area contributed by atoms with Gasteiger partial charge in [-0.1, -0.05) is 12.1 Å². The molecule has 0 atom stereocenters. The van der Waals surface area contributed by atoms with E-state index >= 15 is 0 Å². The highest BCUT2D eigenvalue weighted by molar-refractivity contribution is 5.92. The van der Waals surface area contributed by atoms with Crippen molar-refractivity contribution in [2.24, 2.45) is 5.73 Å². The first-order chi connectivity index (χ1) is 9.90. The average Bonchev–Trinajstić information content (AvgIpc) is 2.37. The van der Waals surface area contributed by atoms with E-state index in [1.165, 1.54) is 0 Å². The molecule has 2 amide bonds. The van der Waals surface area contributed by atoms with Crippen molar-refractivity contribution in [1.82, 2.24) is 10.2 Å². The minimum atomic E-state index is -0.157. The van der Waals surface area contributed by atoms with Crippen LogP contribution in [0.25, 0.3) is 0 Å². The fraction of sp³-hybridized carbons (Fsp3) is 0.467. The Hall–Kier alpha value is -1.92. The van der Waals surface area contributed by atoms with E-state index in [0.717, 1.165) is 11.3 Å². The Morgan fingerprint density at radius 1 is 1.14 bits per heavy atom. The monoisotopic (exact) mass is 292 g/mol. The molecule has 0 unspecified atom stereocenters. The zero-order chi connectivity index (χ0) is 15.8. The number of hydrogen-bond acceptors (Lipinski definition) is 4. The molecule has 0 radical (unpaired) electrons. The topological polar surface area (TPSA) is 87.5 Å². The van der Waals surface area contributed by atoms with Gasteiger partial charge in [0.2, 0.25) is 11.8 Å². The fourth-order valence-corrected chi connectivity index (χ4v) is 1.84. The van der Waals surface area contributed by atoms with E-state index in [1.54, 1.807) is 11.9 Å². The summed E-state index contributed by atoms with van der Waals surface area (Å²) in [5, 5.41) is 5.57. The zero-order valence-corrected chi connectivity index (χ0v) is 12.8. The Bertz CT molecular complexity index is 471. The van der Waals surface area contributed by atoms with E-state index in [-0.39, 0.29) is 30.9 Å². The minimum absolute atomic E-state index is 0.0902. The number of nitrogens with one attached hydrogen (secondary N) is 2. The molecule has 0 aliphatic heterocycles. The first-order valence-electron chi connectivity index (χ1n) is 6.97. The molecule has 1 aromatic carbocycles. The highest BCUT2D eigenvalue weighted by atomic mass is 16.2. The minimum Gasteiger partial charge on any atom is -0.353 e. The van der Waals surface area contributed by atoms with Gasteiger partial charge in [-0.15, -0.1) is 0 Å². The number of carbonyl (C=O) groups is 2. The number of benzene rings is 1. The lowest BCUT2D eigenvalue weighted by Gasteiger charge is -2.17. The third-order valence-electron chi connectivity index (χ3n) is 2.75. The van der Waals surface area contributed by atoms with Gasteiger partial charge in [-0.2, -0.15) is 0 Å². The summed E-state index contributed by atoms with van der Waals surface area (Å²) in [6.45, 7) is 4.62. The van der Waals surface area contributed by atoms with Crippen LogP contribution >= 0.6 is 0 Å². The van der Waals surface area contributed by atoms with Crippen LogP contribution < -0.4 is 16.4 Å². The first-order valence-corrected chi connectivity index (χ1v) is 6.97. The predicted octanol–water partition coefficient (Wildman–Crippen LogP) is 0.540. The van der Waals surface area contributed by atoms with E-state index in [0.29, 0.717) is 6.54 Å². The maximum Gasteiger partial charge on any atom is 0.238 e. The van der Waals surface area contributed by atoms with Crippen LogP contribution in [-0.2, 0) is 16.1 Å². The second-order valence-electron chi connectivity index (χ2n) is 5.34. The van der Waals surface area contributed by atoms with Gasteiger partial charge in [0.1, 0.15) is 0 Å². The molecule has 0 aliphatic rings. The lowest BCUT2D eigenvalue weighted by Crippen LogP contribution is -2.41. The molecule has 1 aromatic rings. The number of amides is 2. The van der Waals surface area contributed by atoms with Crippen LogP contribution in [0.5, 0.6) is 0 Å². The van der Waals surface area contributed by atoms with E-state index in [4.69, 9.17) is 5.73 Å². The number of anilines is 1. The lowest BCUT2D eigenvalue weighted by molar-refractivity contribution is -0.123. The van der Waals surface area contributed by atoms with Gasteiger partial charge < -0.3 is 16.4 Å². The smallest absolute Gasteiger partial charge is 0.238 e. The Balaban J connectivity index is 2.39. The summed E-state index contributed by atoms with van der Waals surface area (Å²) < 4.78 is 0. The molecular weight excluding hydrogens is 268 g/mol. The number of likely N-dealkylation sites (N-methyl/N-ethyl adjacent to an activating group) is 1. The van der Waals surface area contributed by atoms with Crippen molar-refractivity contribution in [3.05, 3.63) is 29.8 Å². The van der Waals surface area contributed by atoms with E-state index in [1.807, 2.05) is 38.1 Å². The van der Waals surface area contributed by atoms with Gasteiger partial charge in [0.15, 0.2) is 0 Å². The molecule has 21 heavy (non-hydrogen) atoms. The molecule has 4 N–H and O–H groups in total. The molecule has 6 nitrogen and oxygen atoms in total. The Morgan fingerprint density at radius 3 is 2.24 bits per heavy atom. The van der Waals surface area contributed by atoms with Gasteiger partial charge in [0.25, 0.3) is 0 Å². The Labute approximate surface area is 125 Å². The van der Waals surface area contributed by atoms with Crippen LogP contribution in [0.3, 0.4) is 0 Å². The molecule has 6 heteroatoms. The van der Waals surface area contributed by atoms with Crippen molar-refractivity contribution < 1.29 is 9.59 Å². The fourth-order valence-electron chi connectivity index (χ4n) is 1.84. The van der Waals surface area contributed by atoms with Crippen LogP contribution in [-0.4, -0.2) is 42.9 Å². The summed E-state index contributed by atoms with van der Waals surface area (Å²) in [6, 6.07) is 7.46. The lowest BCUT2D eigenvalue weighted by atomic mass is 10.2. The Kier molecular flexibility index (Phi) is 6.84. The molecule has 0 bridgehead atoms. The summed E-state index contributed by atoms with van der Waals surface area (Å²) in [5.41, 5.74) is 7.25. The molecule has 0 saturated heterocycles. The highest BCUT2D eigenvalue weighted by Crippen LogP contribution is 2.08. The third kappa shape index (κ3) is 6.87. The molecule has 0 aromatic heterocycles. The van der Waals surface area contributed by atoms with Crippen LogP contribution in [0.15, 0.2) is 24.3 Å². The van der Waals surface area contributed by atoms with Gasteiger partial charge in [-0.25, -0.2) is 0 Å². The third-order valence-corrected chi connectivity index (χ3v) is 2.75. The number of nitrogens with two attached hydrogens (primary N) is 1. The highest BCUT2D eigenvalue weighted by Gasteiger charge is 2.11. The molecule has 0 aliphatic carbocycles. The van der Waals surface area contributed by atoms with Crippen LogP contribution in [0.1, 0.15) is 19.4 Å². The van der Waals surface area contributed by atoms with E-state index in [9.17, 15) is 9.59 Å². The van der Waals surface area contributed by atoms with Crippen molar-refractivity contribution in [3.8, 4) is 0 Å². The second kappa shape index (κ2) is 8.39. The normalized spacial score (nSPS) is 10.8. The molecule has 0 heterocycles. The van der Waals surface area contributed by atoms with Crippen molar-refractivity contribution in [1.29, 1.82) is 0 Å². The molecule has 116 valence electrons. The van der Waals surface area contributed by atoms with Gasteiger partial charge in [-0.05, 0) is 38.6 Å². The van der Waals surface area contributed by atoms with Crippen LogP contribution in [0, 0.1) is 0 Å². The van der Waals surface area contributed by atoms with Crippen molar-refractivity contribution in [2.45, 2.75) is 26.4 Å². The molecule has 0 spiro atoms. The second-order valence-corrected chi connectivity index (χ2v) is 5.34. The van der Waals surface area contributed by atoms with Crippen molar-refractivity contribution >= 4 is 17.5 Å². The number of hydrogen-bond donors (Lipinski definition) is 3. The summed E-state index contributed by atoms with van der Waals surface area (Å²) in [6.07, 6.45) is 0. The molecule has 0 saturated carbocycles. The standard InChI is InChI=1S/C15H24N4O2/c1-11(2)17-14(20)9-19(3)10-15(21)18-13-6-4-12(8-16)5-7-13/h4-7,11H,8-10,16H2,1-3H3,(H,17,20)(H,18,21). The molecule has 0 fully saturated rings. The van der Waals surface area contributed by atoms with Crippen LogP contribution in [0.4, 0.5) is 5.69 Å². The molecule has 1 rings (SSSR count). The SMILES string of the molecule is CC(C)NC(=O)CN(C)CC(=O)Nc1ccc(CN)cc1. The molecular formula is C15H24N4O2. The maximum atomic E-state index is 11.9. The number of nitrogens with zero attached hydrogens (tertiary/aromatic N) is 1. The quantitative estimate of drug-likeness (QED) is 0.684.